The molecule has 0 radical (unpaired) electrons. The highest BCUT2D eigenvalue weighted by atomic mass is 35.5. The van der Waals surface area contributed by atoms with Gasteiger partial charge in [0, 0.05) is 18.1 Å². The average molecular weight is 332 g/mol. The third kappa shape index (κ3) is 4.09. The van der Waals surface area contributed by atoms with Crippen LogP contribution in [-0.4, -0.2) is 38.9 Å². The number of hydrogen-bond acceptors (Lipinski definition) is 4. The van der Waals surface area contributed by atoms with E-state index in [-0.39, 0.29) is 28.1 Å². The summed E-state index contributed by atoms with van der Waals surface area (Å²) in [7, 11) is -3.85. The van der Waals surface area contributed by atoms with Gasteiger partial charge in [0.25, 0.3) is 0 Å². The van der Waals surface area contributed by atoms with Crippen molar-refractivity contribution in [3.63, 3.8) is 0 Å². The van der Waals surface area contributed by atoms with Crippen molar-refractivity contribution in [3.8, 4) is 0 Å². The molecule has 1 heterocycles. The molecule has 2 rings (SSSR count). The van der Waals surface area contributed by atoms with Crippen LogP contribution in [0.15, 0.2) is 23.1 Å². The Bertz CT molecular complexity index is 628. The Kier molecular flexibility index (Phi) is 5.08. The summed E-state index contributed by atoms with van der Waals surface area (Å²) < 4.78 is 26.6. The number of nitrogens with zero attached hydrogens (tertiary/aromatic N) is 1. The lowest BCUT2D eigenvalue weighted by Gasteiger charge is -2.26. The standard InChI is InChI=1S/C13H18ClN3O3S/c14-10-4-5-11(15)12(8-10)21(19,20)16-9-13(18)17-6-2-1-3-7-17/h4-5,8,16H,1-3,6-7,9,15H2. The average Bonchev–Trinajstić information content (AvgIpc) is 2.48. The first-order chi connectivity index (χ1) is 9.90. The molecule has 116 valence electrons. The Hall–Kier alpha value is -1.31. The summed E-state index contributed by atoms with van der Waals surface area (Å²) in [5.74, 6) is -0.223. The fourth-order valence-corrected chi connectivity index (χ4v) is 3.60. The molecule has 0 aliphatic carbocycles. The number of nitrogen functional groups attached to an aromatic ring is 1. The molecule has 6 nitrogen and oxygen atoms in total. The van der Waals surface area contributed by atoms with Gasteiger partial charge >= 0.3 is 0 Å². The summed E-state index contributed by atoms with van der Waals surface area (Å²) in [6.45, 7) is 1.09. The Balaban J connectivity index is 2.04. The van der Waals surface area contributed by atoms with Crippen molar-refractivity contribution in [3.05, 3.63) is 23.2 Å². The molecule has 0 atom stereocenters. The lowest BCUT2D eigenvalue weighted by atomic mass is 10.1. The van der Waals surface area contributed by atoms with E-state index in [0.29, 0.717) is 13.1 Å². The minimum Gasteiger partial charge on any atom is -0.398 e. The molecule has 1 aromatic carbocycles. The molecule has 1 saturated heterocycles. The smallest absolute Gasteiger partial charge is 0.243 e. The zero-order chi connectivity index (χ0) is 15.5. The zero-order valence-corrected chi connectivity index (χ0v) is 13.1. The summed E-state index contributed by atoms with van der Waals surface area (Å²) in [6, 6.07) is 4.20. The summed E-state index contributed by atoms with van der Waals surface area (Å²) in [5.41, 5.74) is 5.75. The van der Waals surface area contributed by atoms with E-state index in [9.17, 15) is 13.2 Å². The fourth-order valence-electron chi connectivity index (χ4n) is 2.23. The van der Waals surface area contributed by atoms with Gasteiger partial charge in [-0.1, -0.05) is 11.6 Å². The summed E-state index contributed by atoms with van der Waals surface area (Å²) in [6.07, 6.45) is 3.02. The lowest BCUT2D eigenvalue weighted by Crippen LogP contribution is -2.42. The Morgan fingerprint density at radius 1 is 1.29 bits per heavy atom. The Morgan fingerprint density at radius 3 is 2.62 bits per heavy atom. The number of halogens is 1. The first-order valence-electron chi connectivity index (χ1n) is 6.72. The summed E-state index contributed by atoms with van der Waals surface area (Å²) in [4.78, 5) is 13.5. The highest BCUT2D eigenvalue weighted by molar-refractivity contribution is 7.89. The van der Waals surface area contributed by atoms with Crippen molar-refractivity contribution >= 4 is 33.2 Å². The van der Waals surface area contributed by atoms with Crippen LogP contribution in [0.2, 0.25) is 5.02 Å². The normalized spacial score (nSPS) is 16.0. The van der Waals surface area contributed by atoms with Gasteiger partial charge in [-0.15, -0.1) is 0 Å². The van der Waals surface area contributed by atoms with Crippen molar-refractivity contribution < 1.29 is 13.2 Å². The van der Waals surface area contributed by atoms with Crippen LogP contribution in [0.5, 0.6) is 0 Å². The van der Waals surface area contributed by atoms with Crippen molar-refractivity contribution in [2.75, 3.05) is 25.4 Å². The van der Waals surface area contributed by atoms with Gasteiger partial charge in [0.1, 0.15) is 4.90 Å². The molecule has 21 heavy (non-hydrogen) atoms. The van der Waals surface area contributed by atoms with Crippen LogP contribution < -0.4 is 10.5 Å². The second-order valence-corrected chi connectivity index (χ2v) is 7.12. The second-order valence-electron chi connectivity index (χ2n) is 4.95. The fraction of sp³-hybridized carbons (Fsp3) is 0.462. The van der Waals surface area contributed by atoms with Crippen LogP contribution in [0.3, 0.4) is 0 Å². The zero-order valence-electron chi connectivity index (χ0n) is 11.5. The highest BCUT2D eigenvalue weighted by Crippen LogP contribution is 2.22. The minimum atomic E-state index is -3.85. The van der Waals surface area contributed by atoms with E-state index in [4.69, 9.17) is 17.3 Å². The number of hydrogen-bond donors (Lipinski definition) is 2. The number of amides is 1. The predicted molar refractivity (Wildman–Crippen MR) is 81.5 cm³/mol. The molecule has 1 aliphatic rings. The van der Waals surface area contributed by atoms with Crippen molar-refractivity contribution in [1.29, 1.82) is 0 Å². The Morgan fingerprint density at radius 2 is 1.95 bits per heavy atom. The molecule has 1 aliphatic heterocycles. The van der Waals surface area contributed by atoms with Gasteiger partial charge in [0.2, 0.25) is 15.9 Å². The molecule has 0 spiro atoms. The Labute approximate surface area is 129 Å². The van der Waals surface area contributed by atoms with Gasteiger partial charge < -0.3 is 10.6 Å². The summed E-state index contributed by atoms with van der Waals surface area (Å²) in [5, 5.41) is 0.270. The van der Waals surface area contributed by atoms with Crippen LogP contribution >= 0.6 is 11.6 Å². The quantitative estimate of drug-likeness (QED) is 0.811. The van der Waals surface area contributed by atoms with E-state index in [1.807, 2.05) is 0 Å². The van der Waals surface area contributed by atoms with E-state index in [2.05, 4.69) is 4.72 Å². The molecule has 0 aromatic heterocycles. The third-order valence-corrected chi connectivity index (χ3v) is 5.08. The third-order valence-electron chi connectivity index (χ3n) is 3.39. The number of nitrogens with two attached hydrogens (primary N) is 1. The highest BCUT2D eigenvalue weighted by Gasteiger charge is 2.22. The second kappa shape index (κ2) is 6.64. The number of likely N-dealkylation sites (tertiary alicyclic amines) is 1. The number of nitrogens with one attached hydrogen (secondary N) is 1. The summed E-state index contributed by atoms with van der Waals surface area (Å²) >= 11 is 5.78. The van der Waals surface area contributed by atoms with Crippen molar-refractivity contribution in [1.82, 2.24) is 9.62 Å². The molecular weight excluding hydrogens is 314 g/mol. The molecule has 1 amide bonds. The van der Waals surface area contributed by atoms with Crippen LogP contribution in [-0.2, 0) is 14.8 Å². The predicted octanol–water partition coefficient (Wildman–Crippen LogP) is 1.21. The topological polar surface area (TPSA) is 92.5 Å². The van der Waals surface area contributed by atoms with Gasteiger partial charge in [0.05, 0.1) is 12.2 Å². The largest absolute Gasteiger partial charge is 0.398 e. The van der Waals surface area contributed by atoms with Crippen LogP contribution in [0, 0.1) is 0 Å². The van der Waals surface area contributed by atoms with Crippen LogP contribution in [0.25, 0.3) is 0 Å². The monoisotopic (exact) mass is 331 g/mol. The van der Waals surface area contributed by atoms with Crippen molar-refractivity contribution in [2.24, 2.45) is 0 Å². The number of benzene rings is 1. The SMILES string of the molecule is Nc1ccc(Cl)cc1S(=O)(=O)NCC(=O)N1CCCCC1. The minimum absolute atomic E-state index is 0.0947. The molecule has 3 N–H and O–H groups in total. The van der Waals surface area contributed by atoms with E-state index < -0.39 is 10.0 Å². The first-order valence-corrected chi connectivity index (χ1v) is 8.59. The molecular formula is C13H18ClN3O3S. The van der Waals surface area contributed by atoms with Gasteiger partial charge in [-0.05, 0) is 37.5 Å². The van der Waals surface area contributed by atoms with Gasteiger partial charge in [-0.3, -0.25) is 4.79 Å². The molecule has 0 unspecified atom stereocenters. The first kappa shape index (κ1) is 16.1. The maximum absolute atomic E-state index is 12.2. The molecule has 0 bridgehead atoms. The number of anilines is 1. The molecule has 1 aromatic rings. The van der Waals surface area contributed by atoms with E-state index in [1.54, 1.807) is 4.90 Å². The lowest BCUT2D eigenvalue weighted by molar-refractivity contribution is -0.130. The van der Waals surface area contributed by atoms with Crippen LogP contribution in [0.4, 0.5) is 5.69 Å². The number of carbonyl (C=O) groups excluding carboxylic acids is 1. The van der Waals surface area contributed by atoms with Crippen LogP contribution in [0.1, 0.15) is 19.3 Å². The number of piperidine rings is 1. The van der Waals surface area contributed by atoms with E-state index in [1.165, 1.54) is 18.2 Å². The van der Waals surface area contributed by atoms with Crippen molar-refractivity contribution in [2.45, 2.75) is 24.2 Å². The molecule has 8 heteroatoms. The van der Waals surface area contributed by atoms with E-state index >= 15 is 0 Å². The van der Waals surface area contributed by atoms with Gasteiger partial charge in [-0.2, -0.15) is 0 Å². The maximum Gasteiger partial charge on any atom is 0.243 e. The number of rotatable bonds is 4. The van der Waals surface area contributed by atoms with E-state index in [0.717, 1.165) is 19.3 Å². The number of sulfonamides is 1. The molecule has 0 saturated carbocycles. The maximum atomic E-state index is 12.2. The number of carbonyl (C=O) groups is 1. The van der Waals surface area contributed by atoms with Gasteiger partial charge in [0.15, 0.2) is 0 Å². The molecule has 1 fully saturated rings. The van der Waals surface area contributed by atoms with Gasteiger partial charge in [-0.25, -0.2) is 13.1 Å².